The lowest BCUT2D eigenvalue weighted by Gasteiger charge is -2.28. The van der Waals surface area contributed by atoms with E-state index in [-0.39, 0.29) is 5.60 Å². The fraction of sp³-hybridized carbons (Fsp3) is 0.250. The van der Waals surface area contributed by atoms with Crippen LogP contribution in [0.25, 0.3) is 6.08 Å². The molecule has 76 valence electrons. The van der Waals surface area contributed by atoms with Crippen LogP contribution in [0.5, 0.6) is 5.75 Å². The number of hydrogen-bond donors (Lipinski definition) is 1. The zero-order valence-electron chi connectivity index (χ0n) is 8.74. The molecular formula is C12H12N2O. The molecule has 3 nitrogen and oxygen atoms in total. The molecule has 0 saturated carbocycles. The van der Waals surface area contributed by atoms with Gasteiger partial charge in [-0.3, -0.25) is 0 Å². The van der Waals surface area contributed by atoms with Gasteiger partial charge in [0.25, 0.3) is 0 Å². The van der Waals surface area contributed by atoms with Crippen molar-refractivity contribution in [3.05, 3.63) is 29.3 Å². The van der Waals surface area contributed by atoms with Gasteiger partial charge in [-0.15, -0.1) is 0 Å². The van der Waals surface area contributed by atoms with E-state index in [4.69, 9.17) is 15.7 Å². The van der Waals surface area contributed by atoms with Gasteiger partial charge in [0.1, 0.15) is 17.4 Å². The molecule has 2 N–H and O–H groups in total. The Bertz CT molecular complexity index is 481. The number of nitrogens with zero attached hydrogens (tertiary/aromatic N) is 1. The smallest absolute Gasteiger partial charge is 0.147 e. The van der Waals surface area contributed by atoms with Crippen LogP contribution in [0.15, 0.2) is 18.2 Å². The Kier molecular flexibility index (Phi) is 1.94. The van der Waals surface area contributed by atoms with Crippen molar-refractivity contribution in [2.75, 3.05) is 5.73 Å². The van der Waals surface area contributed by atoms with Gasteiger partial charge in [0.2, 0.25) is 0 Å². The molecule has 1 aliphatic heterocycles. The van der Waals surface area contributed by atoms with Crippen molar-refractivity contribution >= 4 is 11.8 Å². The minimum Gasteiger partial charge on any atom is -0.482 e. The molecule has 1 heterocycles. The number of rotatable bonds is 0. The third kappa shape index (κ3) is 1.55. The summed E-state index contributed by atoms with van der Waals surface area (Å²) in [5, 5.41) is 8.96. The quantitative estimate of drug-likeness (QED) is 0.654. The minimum atomic E-state index is -0.383. The van der Waals surface area contributed by atoms with Crippen LogP contribution in [0.3, 0.4) is 0 Å². The first-order valence-corrected chi connectivity index (χ1v) is 4.74. The van der Waals surface area contributed by atoms with Gasteiger partial charge in [-0.2, -0.15) is 5.26 Å². The Morgan fingerprint density at radius 1 is 1.40 bits per heavy atom. The Labute approximate surface area is 88.8 Å². The van der Waals surface area contributed by atoms with Crippen molar-refractivity contribution in [3.63, 3.8) is 0 Å². The molecule has 1 aromatic carbocycles. The fourth-order valence-electron chi connectivity index (χ4n) is 1.57. The van der Waals surface area contributed by atoms with E-state index >= 15 is 0 Å². The fourth-order valence-corrected chi connectivity index (χ4v) is 1.57. The molecule has 0 fully saturated rings. The maximum Gasteiger partial charge on any atom is 0.147 e. The van der Waals surface area contributed by atoms with E-state index < -0.39 is 0 Å². The SMILES string of the molecule is CC1(C)C=Cc2c(N)ccc(C#N)c2O1. The van der Waals surface area contributed by atoms with E-state index in [1.165, 1.54) is 0 Å². The number of anilines is 1. The summed E-state index contributed by atoms with van der Waals surface area (Å²) in [5.41, 5.74) is 7.39. The average molecular weight is 200 g/mol. The van der Waals surface area contributed by atoms with Gasteiger partial charge in [0.05, 0.1) is 5.56 Å². The molecule has 15 heavy (non-hydrogen) atoms. The lowest BCUT2D eigenvalue weighted by atomic mass is 9.99. The first-order valence-electron chi connectivity index (χ1n) is 4.74. The molecule has 1 aromatic rings. The zero-order valence-corrected chi connectivity index (χ0v) is 8.74. The summed E-state index contributed by atoms with van der Waals surface area (Å²) in [4.78, 5) is 0. The third-order valence-electron chi connectivity index (χ3n) is 2.37. The van der Waals surface area contributed by atoms with E-state index in [0.717, 1.165) is 5.56 Å². The van der Waals surface area contributed by atoms with Gasteiger partial charge in [0.15, 0.2) is 0 Å². The molecule has 0 bridgehead atoms. The molecular weight excluding hydrogens is 188 g/mol. The number of nitriles is 1. The second-order valence-electron chi connectivity index (χ2n) is 4.10. The van der Waals surface area contributed by atoms with Crippen LogP contribution in [-0.4, -0.2) is 5.60 Å². The topological polar surface area (TPSA) is 59.0 Å². The summed E-state index contributed by atoms with van der Waals surface area (Å²) in [5.74, 6) is 0.588. The van der Waals surface area contributed by atoms with E-state index in [0.29, 0.717) is 17.0 Å². The molecule has 0 aromatic heterocycles. The van der Waals surface area contributed by atoms with Gasteiger partial charge in [0, 0.05) is 11.3 Å². The van der Waals surface area contributed by atoms with Gasteiger partial charge < -0.3 is 10.5 Å². The molecule has 0 atom stereocenters. The molecule has 2 rings (SSSR count). The largest absolute Gasteiger partial charge is 0.482 e. The highest BCUT2D eigenvalue weighted by molar-refractivity contribution is 5.75. The summed E-state index contributed by atoms with van der Waals surface area (Å²) in [7, 11) is 0. The predicted octanol–water partition coefficient (Wildman–Crippen LogP) is 2.32. The van der Waals surface area contributed by atoms with E-state index in [2.05, 4.69) is 6.07 Å². The van der Waals surface area contributed by atoms with Crippen molar-refractivity contribution in [3.8, 4) is 11.8 Å². The van der Waals surface area contributed by atoms with Crippen LogP contribution < -0.4 is 10.5 Å². The number of hydrogen-bond acceptors (Lipinski definition) is 3. The molecule has 0 radical (unpaired) electrons. The Morgan fingerprint density at radius 2 is 2.13 bits per heavy atom. The lowest BCUT2D eigenvalue weighted by molar-refractivity contribution is 0.158. The van der Waals surface area contributed by atoms with Gasteiger partial charge >= 0.3 is 0 Å². The van der Waals surface area contributed by atoms with Crippen molar-refractivity contribution < 1.29 is 4.74 Å². The molecule has 0 spiro atoms. The molecule has 3 heteroatoms. The maximum atomic E-state index is 8.96. The van der Waals surface area contributed by atoms with Gasteiger partial charge in [-0.1, -0.05) is 0 Å². The Balaban J connectivity index is 2.65. The first kappa shape index (κ1) is 9.60. The van der Waals surface area contributed by atoms with Crippen LogP contribution in [-0.2, 0) is 0 Å². The van der Waals surface area contributed by atoms with Crippen LogP contribution in [0.1, 0.15) is 25.0 Å². The molecule has 0 saturated heterocycles. The highest BCUT2D eigenvalue weighted by Crippen LogP contribution is 2.36. The van der Waals surface area contributed by atoms with Crippen LogP contribution in [0, 0.1) is 11.3 Å². The Hall–Kier alpha value is -1.95. The Morgan fingerprint density at radius 3 is 2.80 bits per heavy atom. The summed E-state index contributed by atoms with van der Waals surface area (Å²) in [6, 6.07) is 5.52. The standard InChI is InChI=1S/C12H12N2O/c1-12(2)6-5-9-10(14)4-3-8(7-13)11(9)15-12/h3-6H,14H2,1-2H3. The predicted molar refractivity (Wildman–Crippen MR) is 59.3 cm³/mol. The van der Waals surface area contributed by atoms with Crippen LogP contribution in [0.2, 0.25) is 0 Å². The normalized spacial score (nSPS) is 16.3. The van der Waals surface area contributed by atoms with Crippen molar-refractivity contribution in [2.45, 2.75) is 19.4 Å². The summed E-state index contributed by atoms with van der Waals surface area (Å²) in [6.07, 6.45) is 3.85. The van der Waals surface area contributed by atoms with Crippen molar-refractivity contribution in [2.24, 2.45) is 0 Å². The van der Waals surface area contributed by atoms with Crippen molar-refractivity contribution in [1.82, 2.24) is 0 Å². The number of benzene rings is 1. The van der Waals surface area contributed by atoms with Crippen LogP contribution >= 0.6 is 0 Å². The lowest BCUT2D eigenvalue weighted by Crippen LogP contribution is -2.28. The number of ether oxygens (including phenoxy) is 1. The van der Waals surface area contributed by atoms with Gasteiger partial charge in [-0.05, 0) is 38.1 Å². The molecule has 0 aliphatic carbocycles. The highest BCUT2D eigenvalue weighted by atomic mass is 16.5. The maximum absolute atomic E-state index is 8.96. The minimum absolute atomic E-state index is 0.383. The van der Waals surface area contributed by atoms with E-state index in [1.807, 2.05) is 26.0 Å². The number of fused-ring (bicyclic) bond motifs is 1. The zero-order chi connectivity index (χ0) is 11.1. The monoisotopic (exact) mass is 200 g/mol. The first-order chi connectivity index (χ1) is 7.03. The number of nitrogen functional groups attached to an aromatic ring is 1. The molecule has 0 amide bonds. The summed E-state index contributed by atoms with van der Waals surface area (Å²) < 4.78 is 5.73. The summed E-state index contributed by atoms with van der Waals surface area (Å²) in [6.45, 7) is 3.88. The van der Waals surface area contributed by atoms with Crippen molar-refractivity contribution in [1.29, 1.82) is 5.26 Å². The van der Waals surface area contributed by atoms with Gasteiger partial charge in [-0.25, -0.2) is 0 Å². The summed E-state index contributed by atoms with van der Waals surface area (Å²) >= 11 is 0. The second kappa shape index (κ2) is 3.03. The highest BCUT2D eigenvalue weighted by Gasteiger charge is 2.24. The second-order valence-corrected chi connectivity index (χ2v) is 4.10. The van der Waals surface area contributed by atoms with E-state index in [9.17, 15) is 0 Å². The number of nitrogens with two attached hydrogens (primary N) is 1. The molecule has 1 aliphatic rings. The van der Waals surface area contributed by atoms with Crippen LogP contribution in [0.4, 0.5) is 5.69 Å². The van der Waals surface area contributed by atoms with E-state index in [1.54, 1.807) is 12.1 Å². The molecule has 0 unspecified atom stereocenters. The average Bonchev–Trinajstić information content (AvgIpc) is 2.17. The third-order valence-corrected chi connectivity index (χ3v) is 2.37.